The van der Waals surface area contributed by atoms with Crippen LogP contribution < -0.4 is 15.4 Å². The van der Waals surface area contributed by atoms with Gasteiger partial charge in [0.15, 0.2) is 5.75 Å². The molecule has 1 aliphatic carbocycles. The molecule has 25 heavy (non-hydrogen) atoms. The van der Waals surface area contributed by atoms with Crippen LogP contribution in [0.15, 0.2) is 48.5 Å². The van der Waals surface area contributed by atoms with E-state index in [4.69, 9.17) is 4.74 Å². The summed E-state index contributed by atoms with van der Waals surface area (Å²) in [6, 6.07) is 13.2. The highest BCUT2D eigenvalue weighted by atomic mass is 19.1. The summed E-state index contributed by atoms with van der Waals surface area (Å²) in [5.74, 6) is 0.697. The predicted molar refractivity (Wildman–Crippen MR) is 94.2 cm³/mol. The van der Waals surface area contributed by atoms with Gasteiger partial charge in [0.25, 0.3) is 0 Å². The van der Waals surface area contributed by atoms with Gasteiger partial charge in [0.1, 0.15) is 11.6 Å². The molecule has 1 amide bonds. The Kier molecular flexibility index (Phi) is 4.17. The van der Waals surface area contributed by atoms with Crippen LogP contribution in [0, 0.1) is 17.2 Å². The molecule has 1 saturated carbocycles. The van der Waals surface area contributed by atoms with E-state index in [0.717, 1.165) is 32.4 Å². The second kappa shape index (κ2) is 6.48. The van der Waals surface area contributed by atoms with Crippen molar-refractivity contribution in [2.24, 2.45) is 11.3 Å². The van der Waals surface area contributed by atoms with Crippen molar-refractivity contribution in [2.45, 2.75) is 19.3 Å². The number of halogens is 1. The SMILES string of the molecule is O=C(Nc1ccccc1Oc1cccc(F)c1)C1CC12CCNCC2. The molecule has 0 aromatic heterocycles. The monoisotopic (exact) mass is 340 g/mol. The van der Waals surface area contributed by atoms with Crippen molar-refractivity contribution >= 4 is 11.6 Å². The maximum absolute atomic E-state index is 13.3. The van der Waals surface area contributed by atoms with E-state index in [0.29, 0.717) is 17.2 Å². The molecule has 4 nitrogen and oxygen atoms in total. The molecule has 2 aromatic carbocycles. The fourth-order valence-corrected chi connectivity index (χ4v) is 3.73. The molecule has 1 aliphatic heterocycles. The van der Waals surface area contributed by atoms with Gasteiger partial charge in [0, 0.05) is 12.0 Å². The van der Waals surface area contributed by atoms with Gasteiger partial charge < -0.3 is 15.4 Å². The smallest absolute Gasteiger partial charge is 0.228 e. The van der Waals surface area contributed by atoms with Crippen molar-refractivity contribution in [3.63, 3.8) is 0 Å². The number of ether oxygens (including phenoxy) is 1. The van der Waals surface area contributed by atoms with Gasteiger partial charge in [0.05, 0.1) is 5.69 Å². The lowest BCUT2D eigenvalue weighted by Gasteiger charge is -2.23. The Labute approximate surface area is 146 Å². The summed E-state index contributed by atoms with van der Waals surface area (Å²) in [7, 11) is 0. The quantitative estimate of drug-likeness (QED) is 0.886. The molecule has 0 bridgehead atoms. The Hall–Kier alpha value is -2.40. The Bertz CT molecular complexity index is 787. The van der Waals surface area contributed by atoms with E-state index >= 15 is 0 Å². The molecule has 5 heteroatoms. The molecule has 1 atom stereocenters. The van der Waals surface area contributed by atoms with Crippen molar-refractivity contribution in [2.75, 3.05) is 18.4 Å². The first-order chi connectivity index (χ1) is 12.2. The first-order valence-electron chi connectivity index (χ1n) is 8.70. The number of para-hydroxylation sites is 2. The number of amides is 1. The molecule has 0 radical (unpaired) electrons. The third-order valence-corrected chi connectivity index (χ3v) is 5.27. The average molecular weight is 340 g/mol. The van der Waals surface area contributed by atoms with Gasteiger partial charge >= 0.3 is 0 Å². The highest BCUT2D eigenvalue weighted by molar-refractivity contribution is 5.96. The van der Waals surface area contributed by atoms with Crippen LogP contribution in [0.25, 0.3) is 0 Å². The van der Waals surface area contributed by atoms with Crippen LogP contribution in [0.5, 0.6) is 11.5 Å². The highest BCUT2D eigenvalue weighted by Crippen LogP contribution is 2.58. The minimum atomic E-state index is -0.357. The predicted octanol–water partition coefficient (Wildman–Crippen LogP) is 3.95. The van der Waals surface area contributed by atoms with Crippen LogP contribution >= 0.6 is 0 Å². The van der Waals surface area contributed by atoms with Crippen molar-refractivity contribution in [3.05, 3.63) is 54.3 Å². The van der Waals surface area contributed by atoms with E-state index in [2.05, 4.69) is 10.6 Å². The highest BCUT2D eigenvalue weighted by Gasteiger charge is 2.57. The molecule has 1 unspecified atom stereocenters. The largest absolute Gasteiger partial charge is 0.455 e. The lowest BCUT2D eigenvalue weighted by molar-refractivity contribution is -0.118. The molecule has 1 saturated heterocycles. The van der Waals surface area contributed by atoms with Crippen molar-refractivity contribution in [3.8, 4) is 11.5 Å². The van der Waals surface area contributed by atoms with E-state index in [9.17, 15) is 9.18 Å². The van der Waals surface area contributed by atoms with E-state index < -0.39 is 0 Å². The normalized spacial score (nSPS) is 20.9. The van der Waals surface area contributed by atoms with Crippen molar-refractivity contribution in [1.29, 1.82) is 0 Å². The summed E-state index contributed by atoms with van der Waals surface area (Å²) in [4.78, 5) is 12.7. The van der Waals surface area contributed by atoms with Crippen molar-refractivity contribution in [1.82, 2.24) is 5.32 Å². The van der Waals surface area contributed by atoms with Gasteiger partial charge in [-0.05, 0) is 62.0 Å². The van der Waals surface area contributed by atoms with Crippen LogP contribution in [0.4, 0.5) is 10.1 Å². The third kappa shape index (κ3) is 3.37. The zero-order valence-corrected chi connectivity index (χ0v) is 13.9. The molecule has 1 spiro atoms. The second-order valence-corrected chi connectivity index (χ2v) is 6.91. The summed E-state index contributed by atoms with van der Waals surface area (Å²) < 4.78 is 19.1. The van der Waals surface area contributed by atoms with E-state index in [1.54, 1.807) is 18.2 Å². The van der Waals surface area contributed by atoms with E-state index in [1.807, 2.05) is 18.2 Å². The Morgan fingerprint density at radius 1 is 1.16 bits per heavy atom. The van der Waals surface area contributed by atoms with Crippen LogP contribution in [-0.4, -0.2) is 19.0 Å². The lowest BCUT2D eigenvalue weighted by Crippen LogP contribution is -2.31. The van der Waals surface area contributed by atoms with Crippen LogP contribution in [0.3, 0.4) is 0 Å². The lowest BCUT2D eigenvalue weighted by atomic mass is 9.92. The molecule has 2 aromatic rings. The molecule has 2 fully saturated rings. The standard InChI is InChI=1S/C20H21FN2O2/c21-14-4-3-5-15(12-14)25-18-7-2-1-6-17(18)23-19(24)16-13-20(16)8-10-22-11-9-20/h1-7,12,16,22H,8-11,13H2,(H,23,24). The summed E-state index contributed by atoms with van der Waals surface area (Å²) in [5, 5.41) is 6.35. The summed E-state index contributed by atoms with van der Waals surface area (Å²) in [5.41, 5.74) is 0.806. The maximum atomic E-state index is 13.3. The van der Waals surface area contributed by atoms with E-state index in [1.165, 1.54) is 12.1 Å². The number of benzene rings is 2. The summed E-state index contributed by atoms with van der Waals surface area (Å²) in [6.45, 7) is 1.98. The second-order valence-electron chi connectivity index (χ2n) is 6.91. The Balaban J connectivity index is 1.47. The van der Waals surface area contributed by atoms with Crippen molar-refractivity contribution < 1.29 is 13.9 Å². The zero-order chi connectivity index (χ0) is 17.3. The summed E-state index contributed by atoms with van der Waals surface area (Å²) >= 11 is 0. The molecule has 2 aliphatic rings. The number of carbonyl (C=O) groups is 1. The number of hydrogen-bond acceptors (Lipinski definition) is 3. The topological polar surface area (TPSA) is 50.4 Å². The molecular formula is C20H21FN2O2. The third-order valence-electron chi connectivity index (χ3n) is 5.27. The van der Waals surface area contributed by atoms with Crippen LogP contribution in [-0.2, 0) is 4.79 Å². The molecule has 2 N–H and O–H groups in total. The minimum Gasteiger partial charge on any atom is -0.455 e. The van der Waals surface area contributed by atoms with Gasteiger partial charge in [0.2, 0.25) is 5.91 Å². The number of rotatable bonds is 4. The minimum absolute atomic E-state index is 0.0530. The van der Waals surface area contributed by atoms with Gasteiger partial charge in [-0.1, -0.05) is 18.2 Å². The molecule has 1 heterocycles. The van der Waals surface area contributed by atoms with Gasteiger partial charge in [-0.3, -0.25) is 4.79 Å². The Morgan fingerprint density at radius 2 is 1.96 bits per heavy atom. The number of nitrogens with one attached hydrogen (secondary N) is 2. The first-order valence-corrected chi connectivity index (χ1v) is 8.70. The van der Waals surface area contributed by atoms with Gasteiger partial charge in [-0.25, -0.2) is 4.39 Å². The van der Waals surface area contributed by atoms with Gasteiger partial charge in [-0.15, -0.1) is 0 Å². The maximum Gasteiger partial charge on any atom is 0.228 e. The number of piperidine rings is 1. The fraction of sp³-hybridized carbons (Fsp3) is 0.350. The average Bonchev–Trinajstić information content (AvgIpc) is 3.30. The first kappa shape index (κ1) is 16.1. The Morgan fingerprint density at radius 3 is 2.76 bits per heavy atom. The fourth-order valence-electron chi connectivity index (χ4n) is 3.73. The number of anilines is 1. The number of carbonyl (C=O) groups excluding carboxylic acids is 1. The number of hydrogen-bond donors (Lipinski definition) is 2. The molecule has 4 rings (SSSR count). The molecule has 130 valence electrons. The van der Waals surface area contributed by atoms with Crippen LogP contribution in [0.2, 0.25) is 0 Å². The van der Waals surface area contributed by atoms with E-state index in [-0.39, 0.29) is 23.1 Å². The zero-order valence-electron chi connectivity index (χ0n) is 13.9. The van der Waals surface area contributed by atoms with Crippen LogP contribution in [0.1, 0.15) is 19.3 Å². The van der Waals surface area contributed by atoms with Gasteiger partial charge in [-0.2, -0.15) is 0 Å². The molecular weight excluding hydrogens is 319 g/mol. The summed E-state index contributed by atoms with van der Waals surface area (Å²) in [6.07, 6.45) is 3.09.